The number of hydrogen-bond donors (Lipinski definition) is 1. The van der Waals surface area contributed by atoms with Gasteiger partial charge in [-0.05, 0) is 26.0 Å². The molecule has 0 aliphatic heterocycles. The SMILES string of the molecule is CCOC(=O)C(C(=O)CNC(=O)c1ccccc1)C(=O)OCC. The first-order chi connectivity index (χ1) is 11.0. The molecule has 0 unspecified atom stereocenters. The van der Waals surface area contributed by atoms with E-state index in [4.69, 9.17) is 9.47 Å². The van der Waals surface area contributed by atoms with Crippen molar-refractivity contribution in [3.63, 3.8) is 0 Å². The molecule has 1 aromatic rings. The number of ketones is 1. The van der Waals surface area contributed by atoms with E-state index in [1.165, 1.54) is 0 Å². The fraction of sp³-hybridized carbons (Fsp3) is 0.375. The highest BCUT2D eigenvalue weighted by Gasteiger charge is 2.36. The van der Waals surface area contributed by atoms with Crippen LogP contribution in [-0.4, -0.2) is 43.4 Å². The predicted molar refractivity (Wildman–Crippen MR) is 80.5 cm³/mol. The number of carbonyl (C=O) groups is 4. The number of nitrogens with one attached hydrogen (secondary N) is 1. The molecule has 0 aliphatic carbocycles. The van der Waals surface area contributed by atoms with E-state index in [0.717, 1.165) is 0 Å². The van der Waals surface area contributed by atoms with Crippen LogP contribution in [-0.2, 0) is 23.9 Å². The molecule has 0 aromatic heterocycles. The van der Waals surface area contributed by atoms with Gasteiger partial charge in [0.15, 0.2) is 5.78 Å². The van der Waals surface area contributed by atoms with Crippen LogP contribution in [0.3, 0.4) is 0 Å². The average Bonchev–Trinajstić information content (AvgIpc) is 2.54. The van der Waals surface area contributed by atoms with E-state index < -0.39 is 36.1 Å². The quantitative estimate of drug-likeness (QED) is 0.560. The summed E-state index contributed by atoms with van der Waals surface area (Å²) in [6.45, 7) is 2.69. The van der Waals surface area contributed by atoms with Crippen molar-refractivity contribution in [1.29, 1.82) is 0 Å². The maximum atomic E-state index is 12.1. The maximum absolute atomic E-state index is 12.1. The molecule has 7 nitrogen and oxygen atoms in total. The van der Waals surface area contributed by atoms with Crippen LogP contribution >= 0.6 is 0 Å². The van der Waals surface area contributed by atoms with Gasteiger partial charge in [-0.15, -0.1) is 0 Å². The minimum Gasteiger partial charge on any atom is -0.465 e. The van der Waals surface area contributed by atoms with Gasteiger partial charge in [-0.3, -0.25) is 19.2 Å². The zero-order valence-corrected chi connectivity index (χ0v) is 13.0. The molecule has 23 heavy (non-hydrogen) atoms. The lowest BCUT2D eigenvalue weighted by atomic mass is 10.0. The van der Waals surface area contributed by atoms with E-state index in [0.29, 0.717) is 5.56 Å². The van der Waals surface area contributed by atoms with Crippen molar-refractivity contribution in [3.05, 3.63) is 35.9 Å². The van der Waals surface area contributed by atoms with Crippen LogP contribution in [0.4, 0.5) is 0 Å². The third-order valence-corrected chi connectivity index (χ3v) is 2.83. The Morgan fingerprint density at radius 1 is 0.957 bits per heavy atom. The number of Topliss-reactive ketones (excluding diaryl/α,β-unsaturated/α-hetero) is 1. The van der Waals surface area contributed by atoms with Crippen LogP contribution in [0, 0.1) is 5.92 Å². The summed E-state index contributed by atoms with van der Waals surface area (Å²) in [5.74, 6) is -4.92. The predicted octanol–water partition coefficient (Wildman–Crippen LogP) is 0.728. The number of esters is 2. The highest BCUT2D eigenvalue weighted by molar-refractivity contribution is 6.16. The van der Waals surface area contributed by atoms with Gasteiger partial charge in [0, 0.05) is 5.56 Å². The summed E-state index contributed by atoms with van der Waals surface area (Å²) in [5, 5.41) is 2.37. The summed E-state index contributed by atoms with van der Waals surface area (Å²) in [7, 11) is 0. The molecule has 0 radical (unpaired) electrons. The lowest BCUT2D eigenvalue weighted by Crippen LogP contribution is -2.41. The molecular weight excluding hydrogens is 302 g/mol. The van der Waals surface area contributed by atoms with Crippen LogP contribution in [0.25, 0.3) is 0 Å². The van der Waals surface area contributed by atoms with Crippen molar-refractivity contribution >= 4 is 23.6 Å². The smallest absolute Gasteiger partial charge is 0.328 e. The maximum Gasteiger partial charge on any atom is 0.328 e. The minimum atomic E-state index is -1.69. The zero-order valence-electron chi connectivity index (χ0n) is 13.0. The third kappa shape index (κ3) is 5.54. The van der Waals surface area contributed by atoms with E-state index in [1.54, 1.807) is 44.2 Å². The number of amides is 1. The van der Waals surface area contributed by atoms with Gasteiger partial charge >= 0.3 is 11.9 Å². The van der Waals surface area contributed by atoms with Gasteiger partial charge in [0.25, 0.3) is 5.91 Å². The Morgan fingerprint density at radius 3 is 1.96 bits per heavy atom. The van der Waals surface area contributed by atoms with E-state index in [2.05, 4.69) is 5.32 Å². The fourth-order valence-corrected chi connectivity index (χ4v) is 1.77. The number of carbonyl (C=O) groups excluding carboxylic acids is 4. The zero-order chi connectivity index (χ0) is 17.2. The topological polar surface area (TPSA) is 98.8 Å². The van der Waals surface area contributed by atoms with E-state index in [9.17, 15) is 19.2 Å². The van der Waals surface area contributed by atoms with Gasteiger partial charge in [-0.25, -0.2) is 0 Å². The van der Waals surface area contributed by atoms with Gasteiger partial charge in [0.1, 0.15) is 0 Å². The Kier molecular flexibility index (Phi) is 7.45. The average molecular weight is 321 g/mol. The molecule has 0 saturated carbocycles. The molecule has 1 amide bonds. The van der Waals surface area contributed by atoms with E-state index in [1.807, 2.05) is 0 Å². The molecule has 0 aliphatic rings. The van der Waals surface area contributed by atoms with Crippen molar-refractivity contribution in [2.75, 3.05) is 19.8 Å². The monoisotopic (exact) mass is 321 g/mol. The largest absolute Gasteiger partial charge is 0.465 e. The first-order valence-corrected chi connectivity index (χ1v) is 7.20. The Bertz CT molecular complexity index is 551. The minimum absolute atomic E-state index is 0.0262. The number of ether oxygens (including phenoxy) is 2. The van der Waals surface area contributed by atoms with Crippen molar-refractivity contribution in [3.8, 4) is 0 Å². The second-order valence-corrected chi connectivity index (χ2v) is 4.45. The highest BCUT2D eigenvalue weighted by Crippen LogP contribution is 2.06. The molecule has 7 heteroatoms. The third-order valence-electron chi connectivity index (χ3n) is 2.83. The lowest BCUT2D eigenvalue weighted by molar-refractivity contribution is -0.163. The van der Waals surface area contributed by atoms with Crippen molar-refractivity contribution in [1.82, 2.24) is 5.32 Å². The first-order valence-electron chi connectivity index (χ1n) is 7.20. The molecule has 0 saturated heterocycles. The van der Waals surface area contributed by atoms with Crippen LogP contribution in [0.15, 0.2) is 30.3 Å². The second kappa shape index (κ2) is 9.34. The van der Waals surface area contributed by atoms with Gasteiger partial charge < -0.3 is 14.8 Å². The Hall–Kier alpha value is -2.70. The summed E-state index contributed by atoms with van der Waals surface area (Å²) in [5.41, 5.74) is 0.365. The summed E-state index contributed by atoms with van der Waals surface area (Å²) >= 11 is 0. The molecule has 124 valence electrons. The van der Waals surface area contributed by atoms with Crippen LogP contribution in [0.2, 0.25) is 0 Å². The molecule has 1 aromatic carbocycles. The Labute approximate surface area is 134 Å². The molecule has 0 heterocycles. The summed E-state index contributed by atoms with van der Waals surface area (Å²) in [4.78, 5) is 47.5. The highest BCUT2D eigenvalue weighted by atomic mass is 16.6. The Balaban J connectivity index is 2.71. The number of rotatable bonds is 8. The lowest BCUT2D eigenvalue weighted by Gasteiger charge is -2.13. The van der Waals surface area contributed by atoms with Crippen molar-refractivity contribution in [2.45, 2.75) is 13.8 Å². The molecule has 0 spiro atoms. The normalized spacial score (nSPS) is 10.0. The molecular formula is C16H19NO6. The van der Waals surface area contributed by atoms with E-state index >= 15 is 0 Å². The van der Waals surface area contributed by atoms with Crippen LogP contribution in [0.5, 0.6) is 0 Å². The van der Waals surface area contributed by atoms with Crippen molar-refractivity contribution in [2.24, 2.45) is 5.92 Å². The molecule has 1 rings (SSSR count). The van der Waals surface area contributed by atoms with Gasteiger partial charge in [-0.2, -0.15) is 0 Å². The standard InChI is InChI=1S/C16H19NO6/c1-3-22-15(20)13(16(21)23-4-2)12(18)10-17-14(19)11-8-6-5-7-9-11/h5-9,13H,3-4,10H2,1-2H3,(H,17,19). The van der Waals surface area contributed by atoms with Gasteiger partial charge in [-0.1, -0.05) is 18.2 Å². The Morgan fingerprint density at radius 2 is 1.48 bits per heavy atom. The summed E-state index contributed by atoms with van der Waals surface area (Å²) in [6.07, 6.45) is 0. The number of hydrogen-bond acceptors (Lipinski definition) is 6. The number of benzene rings is 1. The van der Waals surface area contributed by atoms with Crippen molar-refractivity contribution < 1.29 is 28.7 Å². The fourth-order valence-electron chi connectivity index (χ4n) is 1.77. The molecule has 0 fully saturated rings. The van der Waals surface area contributed by atoms with E-state index in [-0.39, 0.29) is 13.2 Å². The van der Waals surface area contributed by atoms with Crippen LogP contribution < -0.4 is 5.32 Å². The molecule has 1 N–H and O–H groups in total. The molecule has 0 bridgehead atoms. The van der Waals surface area contributed by atoms with Gasteiger partial charge in [0.05, 0.1) is 19.8 Å². The summed E-state index contributed by atoms with van der Waals surface area (Å²) < 4.78 is 9.42. The summed E-state index contributed by atoms with van der Waals surface area (Å²) in [6, 6.07) is 8.26. The second-order valence-electron chi connectivity index (χ2n) is 4.45. The van der Waals surface area contributed by atoms with Crippen LogP contribution in [0.1, 0.15) is 24.2 Å². The molecule has 0 atom stereocenters. The first kappa shape index (κ1) is 18.3. The van der Waals surface area contributed by atoms with Gasteiger partial charge in [0.2, 0.25) is 5.92 Å².